The van der Waals surface area contributed by atoms with Crippen LogP contribution < -0.4 is 5.32 Å². The molecule has 1 aliphatic heterocycles. The van der Waals surface area contributed by atoms with Crippen molar-refractivity contribution in [3.8, 4) is 11.8 Å². The molecule has 9 nitrogen and oxygen atoms in total. The maximum absolute atomic E-state index is 14.3. The number of amides is 1. The van der Waals surface area contributed by atoms with Gasteiger partial charge in [-0.05, 0) is 31.0 Å². The minimum absolute atomic E-state index is 0.0637. The Bertz CT molecular complexity index is 1300. The topological polar surface area (TPSA) is 110 Å². The number of ether oxygens (including phenoxy) is 1. The number of hydrogen-bond acceptors (Lipinski definition) is 7. The predicted octanol–water partition coefficient (Wildman–Crippen LogP) is 4.66. The maximum Gasteiger partial charge on any atom is 0.410 e. The second-order valence-electron chi connectivity index (χ2n) is 7.14. The molecule has 1 N–H and O–H groups in total. The number of nitrogens with one attached hydrogen (secondary N) is 1. The van der Waals surface area contributed by atoms with E-state index in [0.29, 0.717) is 24.0 Å². The standard InChI is InChI=1S/C22H17ClFN5O4/c23-16-6-3-7-17(20(16)24)27-21-15-12-19(29(31)32)14(11-18(15)25-13-26-21)5-4-10-33-22(30)28-8-1-2-9-28/h3,6-7,11-13H,1-2,8-10H2,(H,25,26,27). The van der Waals surface area contributed by atoms with Gasteiger partial charge in [0, 0.05) is 24.5 Å². The minimum Gasteiger partial charge on any atom is -0.436 e. The van der Waals surface area contributed by atoms with Crippen LogP contribution in [0.4, 0.5) is 26.4 Å². The third kappa shape index (κ3) is 4.94. The van der Waals surface area contributed by atoms with Crippen molar-refractivity contribution < 1.29 is 18.8 Å². The van der Waals surface area contributed by atoms with Crippen LogP contribution in [-0.4, -0.2) is 45.6 Å². The Balaban J connectivity index is 1.61. The Kier molecular flexibility index (Phi) is 6.51. The quantitative estimate of drug-likeness (QED) is 0.336. The summed E-state index contributed by atoms with van der Waals surface area (Å²) in [5, 5.41) is 14.7. The third-order valence-corrected chi connectivity index (χ3v) is 5.30. The van der Waals surface area contributed by atoms with Gasteiger partial charge in [0.1, 0.15) is 17.7 Å². The summed E-state index contributed by atoms with van der Waals surface area (Å²) >= 11 is 5.82. The van der Waals surface area contributed by atoms with E-state index in [1.165, 1.54) is 30.6 Å². The number of likely N-dealkylation sites (tertiary alicyclic amines) is 1. The lowest BCUT2D eigenvalue weighted by molar-refractivity contribution is -0.385. The van der Waals surface area contributed by atoms with Gasteiger partial charge in [-0.25, -0.2) is 19.2 Å². The first-order chi connectivity index (χ1) is 15.9. The van der Waals surface area contributed by atoms with E-state index in [-0.39, 0.29) is 34.4 Å². The first kappa shape index (κ1) is 22.2. The van der Waals surface area contributed by atoms with Gasteiger partial charge in [-0.2, -0.15) is 0 Å². The molecular weight excluding hydrogens is 453 g/mol. The fourth-order valence-electron chi connectivity index (χ4n) is 3.39. The van der Waals surface area contributed by atoms with E-state index in [4.69, 9.17) is 16.3 Å². The Morgan fingerprint density at radius 1 is 1.30 bits per heavy atom. The number of hydrogen-bond donors (Lipinski definition) is 1. The molecule has 0 unspecified atom stereocenters. The SMILES string of the molecule is O=C(OCC#Cc1cc2ncnc(Nc3cccc(Cl)c3F)c2cc1[N+](=O)[O-])N1CCCC1. The molecule has 0 atom stereocenters. The number of carbonyl (C=O) groups excluding carboxylic acids is 1. The highest BCUT2D eigenvalue weighted by molar-refractivity contribution is 6.31. The van der Waals surface area contributed by atoms with E-state index in [1.54, 1.807) is 11.0 Å². The molecular formula is C22H17ClFN5O4. The van der Waals surface area contributed by atoms with Crippen molar-refractivity contribution in [3.05, 3.63) is 63.2 Å². The average molecular weight is 470 g/mol. The summed E-state index contributed by atoms with van der Waals surface area (Å²) in [6.45, 7) is 1.10. The van der Waals surface area contributed by atoms with Crippen LogP contribution in [0, 0.1) is 27.8 Å². The monoisotopic (exact) mass is 469 g/mol. The predicted molar refractivity (Wildman–Crippen MR) is 120 cm³/mol. The number of nitro groups is 1. The molecule has 2 heterocycles. The summed E-state index contributed by atoms with van der Waals surface area (Å²) in [6.07, 6.45) is 2.67. The number of nitrogens with zero attached hydrogens (tertiary/aromatic N) is 4. The molecule has 33 heavy (non-hydrogen) atoms. The summed E-state index contributed by atoms with van der Waals surface area (Å²) in [7, 11) is 0. The second-order valence-corrected chi connectivity index (χ2v) is 7.55. The van der Waals surface area contributed by atoms with Crippen LogP contribution in [0.25, 0.3) is 10.9 Å². The smallest absolute Gasteiger partial charge is 0.410 e. The van der Waals surface area contributed by atoms with Gasteiger partial charge in [0.25, 0.3) is 5.69 Å². The van der Waals surface area contributed by atoms with Crippen molar-refractivity contribution in [1.82, 2.24) is 14.9 Å². The van der Waals surface area contributed by atoms with Crippen LogP contribution in [-0.2, 0) is 4.74 Å². The van der Waals surface area contributed by atoms with Crippen molar-refractivity contribution >= 4 is 45.8 Å². The fourth-order valence-corrected chi connectivity index (χ4v) is 3.56. The van der Waals surface area contributed by atoms with E-state index < -0.39 is 16.8 Å². The summed E-state index contributed by atoms with van der Waals surface area (Å²) in [5.74, 6) is 4.80. The van der Waals surface area contributed by atoms with Gasteiger partial charge < -0.3 is 15.0 Å². The lowest BCUT2D eigenvalue weighted by atomic mass is 10.1. The molecule has 0 bridgehead atoms. The molecule has 1 aromatic heterocycles. The van der Waals surface area contributed by atoms with Crippen LogP contribution in [0.2, 0.25) is 5.02 Å². The zero-order chi connectivity index (χ0) is 23.4. The normalized spacial score (nSPS) is 12.8. The van der Waals surface area contributed by atoms with Crippen LogP contribution in [0.15, 0.2) is 36.7 Å². The van der Waals surface area contributed by atoms with Gasteiger partial charge in [0.2, 0.25) is 0 Å². The summed E-state index contributed by atoms with van der Waals surface area (Å²) in [4.78, 5) is 32.8. The minimum atomic E-state index is -0.675. The Labute approximate surface area is 192 Å². The zero-order valence-electron chi connectivity index (χ0n) is 17.2. The van der Waals surface area contributed by atoms with E-state index in [1.807, 2.05) is 0 Å². The van der Waals surface area contributed by atoms with Crippen molar-refractivity contribution in [2.45, 2.75) is 12.8 Å². The molecule has 168 valence electrons. The molecule has 1 fully saturated rings. The molecule has 0 saturated carbocycles. The third-order valence-electron chi connectivity index (χ3n) is 5.01. The molecule has 0 aliphatic carbocycles. The molecule has 0 radical (unpaired) electrons. The summed E-state index contributed by atoms with van der Waals surface area (Å²) in [5.41, 5.74) is 0.237. The maximum atomic E-state index is 14.3. The van der Waals surface area contributed by atoms with Crippen molar-refractivity contribution in [2.75, 3.05) is 25.0 Å². The van der Waals surface area contributed by atoms with Crippen LogP contribution >= 0.6 is 11.6 Å². The van der Waals surface area contributed by atoms with Crippen molar-refractivity contribution in [2.24, 2.45) is 0 Å². The van der Waals surface area contributed by atoms with Crippen LogP contribution in [0.3, 0.4) is 0 Å². The zero-order valence-corrected chi connectivity index (χ0v) is 17.9. The molecule has 11 heteroatoms. The number of anilines is 2. The van der Waals surface area contributed by atoms with Crippen LogP contribution in [0.1, 0.15) is 18.4 Å². The number of carbonyl (C=O) groups is 1. The number of aromatic nitrogens is 2. The fraction of sp³-hybridized carbons (Fsp3) is 0.227. The molecule has 1 amide bonds. The molecule has 2 aromatic carbocycles. The van der Waals surface area contributed by atoms with Gasteiger partial charge in [-0.1, -0.05) is 29.5 Å². The lowest BCUT2D eigenvalue weighted by Gasteiger charge is -2.13. The Hall–Kier alpha value is -3.97. The highest BCUT2D eigenvalue weighted by Gasteiger charge is 2.19. The van der Waals surface area contributed by atoms with E-state index in [2.05, 4.69) is 27.1 Å². The van der Waals surface area contributed by atoms with Gasteiger partial charge in [0.15, 0.2) is 12.4 Å². The highest BCUT2D eigenvalue weighted by atomic mass is 35.5. The number of fused-ring (bicyclic) bond motifs is 1. The summed E-state index contributed by atoms with van der Waals surface area (Å²) in [6, 6.07) is 7.12. The van der Waals surface area contributed by atoms with Gasteiger partial charge >= 0.3 is 6.09 Å². The van der Waals surface area contributed by atoms with E-state index >= 15 is 0 Å². The highest BCUT2D eigenvalue weighted by Crippen LogP contribution is 2.31. The number of halogens is 2. The van der Waals surface area contributed by atoms with E-state index in [0.717, 1.165) is 12.8 Å². The molecule has 4 rings (SSSR count). The van der Waals surface area contributed by atoms with Crippen molar-refractivity contribution in [1.29, 1.82) is 0 Å². The largest absolute Gasteiger partial charge is 0.436 e. The lowest BCUT2D eigenvalue weighted by Crippen LogP contribution is -2.28. The molecule has 0 spiro atoms. The molecule has 1 aliphatic rings. The average Bonchev–Trinajstić information content (AvgIpc) is 3.34. The Morgan fingerprint density at radius 3 is 2.85 bits per heavy atom. The van der Waals surface area contributed by atoms with Crippen molar-refractivity contribution in [3.63, 3.8) is 0 Å². The number of rotatable bonds is 4. The second kappa shape index (κ2) is 9.67. The van der Waals surface area contributed by atoms with E-state index in [9.17, 15) is 19.3 Å². The first-order valence-corrected chi connectivity index (χ1v) is 10.4. The van der Waals surface area contributed by atoms with Gasteiger partial charge in [-0.15, -0.1) is 0 Å². The molecule has 1 saturated heterocycles. The van der Waals surface area contributed by atoms with Gasteiger partial charge in [0.05, 0.1) is 21.2 Å². The number of nitro benzene ring substituents is 1. The first-order valence-electron chi connectivity index (χ1n) is 9.99. The van der Waals surface area contributed by atoms with Crippen LogP contribution in [0.5, 0.6) is 0 Å². The number of benzene rings is 2. The summed E-state index contributed by atoms with van der Waals surface area (Å²) < 4.78 is 19.4. The Morgan fingerprint density at radius 2 is 2.09 bits per heavy atom. The molecule has 3 aromatic rings. The van der Waals surface area contributed by atoms with Gasteiger partial charge in [-0.3, -0.25) is 10.1 Å².